The standard InChI is InChI=1S/C18H18I4O2S/c1-11-3-5-15(7-13(11)9-17(19)20)25(23,24)16-6-4-12(2)14(8-16)10-18(21)22/h3-8,17-18H,9-10H2,1-2H3. The van der Waals surface area contributed by atoms with Crippen molar-refractivity contribution < 1.29 is 8.42 Å². The molecule has 136 valence electrons. The molecule has 0 saturated heterocycles. The first-order valence-corrected chi connectivity index (χ1v) is 14.1. The summed E-state index contributed by atoms with van der Waals surface area (Å²) in [6, 6.07) is 11.0. The molecule has 2 aromatic carbocycles. The van der Waals surface area contributed by atoms with Crippen LogP contribution in [0.1, 0.15) is 22.3 Å². The molecule has 2 aromatic rings. The van der Waals surface area contributed by atoms with Gasteiger partial charge in [0.1, 0.15) is 0 Å². The van der Waals surface area contributed by atoms with E-state index in [1.165, 1.54) is 0 Å². The van der Waals surface area contributed by atoms with Gasteiger partial charge in [0.25, 0.3) is 0 Å². The number of rotatable bonds is 6. The lowest BCUT2D eigenvalue weighted by molar-refractivity contribution is 0.595. The van der Waals surface area contributed by atoms with Gasteiger partial charge in [-0.05, 0) is 73.2 Å². The maximum atomic E-state index is 13.1. The topological polar surface area (TPSA) is 34.1 Å². The van der Waals surface area contributed by atoms with Gasteiger partial charge in [0.2, 0.25) is 9.84 Å². The van der Waals surface area contributed by atoms with Crippen molar-refractivity contribution in [2.75, 3.05) is 0 Å². The molecule has 0 N–H and O–H groups in total. The molecular formula is C18H18I4O2S. The quantitative estimate of drug-likeness (QED) is 0.244. The van der Waals surface area contributed by atoms with E-state index < -0.39 is 9.84 Å². The van der Waals surface area contributed by atoms with Gasteiger partial charge in [-0.15, -0.1) is 0 Å². The molecule has 0 aromatic heterocycles. The van der Waals surface area contributed by atoms with Crippen LogP contribution in [0.25, 0.3) is 0 Å². The van der Waals surface area contributed by atoms with Crippen LogP contribution in [0.3, 0.4) is 0 Å². The van der Waals surface area contributed by atoms with Gasteiger partial charge in [0.15, 0.2) is 0 Å². The largest absolute Gasteiger partial charge is 0.219 e. The van der Waals surface area contributed by atoms with Crippen LogP contribution in [0, 0.1) is 13.8 Å². The highest BCUT2D eigenvalue weighted by atomic mass is 127. The first-order chi connectivity index (χ1) is 11.6. The third-order valence-corrected chi connectivity index (χ3v) is 7.52. The number of halogens is 4. The number of alkyl halides is 4. The Bertz CT molecular complexity index is 796. The molecule has 0 unspecified atom stereocenters. The molecule has 0 heterocycles. The number of sulfone groups is 1. The molecule has 2 rings (SSSR count). The van der Waals surface area contributed by atoms with Crippen LogP contribution in [0.2, 0.25) is 0 Å². The Morgan fingerprint density at radius 2 is 1.12 bits per heavy atom. The van der Waals surface area contributed by atoms with Crippen molar-refractivity contribution in [3.8, 4) is 0 Å². The second-order valence-corrected chi connectivity index (χ2v) is 18.6. The number of benzene rings is 2. The van der Waals surface area contributed by atoms with E-state index in [-0.39, 0.29) is 0 Å². The zero-order valence-corrected chi connectivity index (χ0v) is 23.2. The highest BCUT2D eigenvalue weighted by Gasteiger charge is 2.20. The van der Waals surface area contributed by atoms with E-state index in [9.17, 15) is 8.42 Å². The minimum atomic E-state index is -3.50. The van der Waals surface area contributed by atoms with Crippen molar-refractivity contribution in [2.45, 2.75) is 40.3 Å². The normalized spacial score (nSPS) is 12.2. The fourth-order valence-electron chi connectivity index (χ4n) is 2.54. The summed E-state index contributed by atoms with van der Waals surface area (Å²) < 4.78 is 27.1. The number of hydrogen-bond acceptors (Lipinski definition) is 2. The van der Waals surface area contributed by atoms with Gasteiger partial charge in [-0.25, -0.2) is 8.42 Å². The van der Waals surface area contributed by atoms with Crippen LogP contribution < -0.4 is 0 Å². The molecule has 0 saturated carbocycles. The summed E-state index contributed by atoms with van der Waals surface area (Å²) in [4.78, 5) is 0.772. The number of hydrogen-bond donors (Lipinski definition) is 0. The molecule has 0 amide bonds. The Balaban J connectivity index is 2.48. The molecule has 0 radical (unpaired) electrons. The van der Waals surface area contributed by atoms with Crippen LogP contribution in [0.4, 0.5) is 0 Å². The first-order valence-electron chi connectivity index (χ1n) is 7.61. The zero-order chi connectivity index (χ0) is 18.8. The third-order valence-electron chi connectivity index (χ3n) is 4.01. The Hall–Kier alpha value is 1.31. The molecule has 0 aliphatic carbocycles. The van der Waals surface area contributed by atoms with Gasteiger partial charge in [-0.3, -0.25) is 0 Å². The predicted molar refractivity (Wildman–Crippen MR) is 139 cm³/mol. The lowest BCUT2D eigenvalue weighted by Crippen LogP contribution is -2.06. The molecule has 0 spiro atoms. The highest BCUT2D eigenvalue weighted by Crippen LogP contribution is 2.28. The van der Waals surface area contributed by atoms with E-state index in [0.29, 0.717) is 13.7 Å². The predicted octanol–water partition coefficient (Wildman–Crippen LogP) is 6.61. The monoisotopic (exact) mass is 806 g/mol. The second-order valence-electron chi connectivity index (χ2n) is 5.87. The molecule has 0 fully saturated rings. The minimum Gasteiger partial charge on any atom is -0.219 e. The van der Waals surface area contributed by atoms with Crippen molar-refractivity contribution in [1.29, 1.82) is 0 Å². The van der Waals surface area contributed by atoms with Crippen molar-refractivity contribution in [1.82, 2.24) is 0 Å². The summed E-state index contributed by atoms with van der Waals surface area (Å²) in [6.07, 6.45) is 1.72. The summed E-state index contributed by atoms with van der Waals surface area (Å²) >= 11 is 9.45. The maximum absolute atomic E-state index is 13.1. The van der Waals surface area contributed by atoms with Gasteiger partial charge in [-0.1, -0.05) is 102 Å². The Labute approximate surface area is 204 Å². The summed E-state index contributed by atoms with van der Waals surface area (Å²) in [5.41, 5.74) is 4.47. The lowest BCUT2D eigenvalue weighted by Gasteiger charge is -2.13. The molecule has 7 heteroatoms. The van der Waals surface area contributed by atoms with E-state index in [0.717, 1.165) is 35.1 Å². The highest BCUT2D eigenvalue weighted by molar-refractivity contribution is 14.2. The second kappa shape index (κ2) is 9.68. The fraction of sp³-hybridized carbons (Fsp3) is 0.333. The third kappa shape index (κ3) is 6.14. The van der Waals surface area contributed by atoms with Gasteiger partial charge in [0, 0.05) is 0 Å². The minimum absolute atomic E-state index is 0.386. The molecular weight excluding hydrogens is 788 g/mol. The van der Waals surface area contributed by atoms with Crippen LogP contribution in [0.15, 0.2) is 46.2 Å². The van der Waals surface area contributed by atoms with Gasteiger partial charge < -0.3 is 0 Å². The summed E-state index contributed by atoms with van der Waals surface area (Å²) in [6.45, 7) is 4.07. The molecule has 0 atom stereocenters. The summed E-state index contributed by atoms with van der Waals surface area (Å²) in [5.74, 6) is 0. The lowest BCUT2D eigenvalue weighted by atomic mass is 10.1. The van der Waals surface area contributed by atoms with Crippen molar-refractivity contribution in [3.05, 3.63) is 58.7 Å². The number of aryl methyl sites for hydroxylation is 2. The maximum Gasteiger partial charge on any atom is 0.206 e. The molecule has 2 nitrogen and oxygen atoms in total. The van der Waals surface area contributed by atoms with Gasteiger partial charge in [0.05, 0.1) is 13.7 Å². The van der Waals surface area contributed by atoms with Gasteiger partial charge in [-0.2, -0.15) is 0 Å². The van der Waals surface area contributed by atoms with E-state index in [4.69, 9.17) is 0 Å². The van der Waals surface area contributed by atoms with Gasteiger partial charge >= 0.3 is 0 Å². The van der Waals surface area contributed by atoms with E-state index in [1.54, 1.807) is 12.1 Å². The van der Waals surface area contributed by atoms with E-state index in [2.05, 4.69) is 90.4 Å². The van der Waals surface area contributed by atoms with E-state index >= 15 is 0 Å². The Morgan fingerprint density at radius 1 is 0.760 bits per heavy atom. The van der Waals surface area contributed by atoms with Crippen LogP contribution in [-0.4, -0.2) is 12.3 Å². The Kier molecular flexibility index (Phi) is 8.75. The molecule has 0 aliphatic rings. The fourth-order valence-corrected chi connectivity index (χ4v) is 5.80. The average Bonchev–Trinajstić information content (AvgIpc) is 2.50. The van der Waals surface area contributed by atoms with Crippen LogP contribution >= 0.6 is 90.4 Å². The summed E-state index contributed by atoms with van der Waals surface area (Å²) in [5, 5.41) is 0. The smallest absolute Gasteiger partial charge is 0.206 e. The van der Waals surface area contributed by atoms with Crippen LogP contribution in [0.5, 0.6) is 0 Å². The SMILES string of the molecule is Cc1ccc(S(=O)(=O)c2ccc(C)c(CC(I)I)c2)cc1CC(I)I. The molecule has 0 bridgehead atoms. The van der Waals surface area contributed by atoms with Crippen molar-refractivity contribution >= 4 is 100 Å². The summed E-state index contributed by atoms with van der Waals surface area (Å²) in [7, 11) is -3.50. The molecule has 25 heavy (non-hydrogen) atoms. The molecule has 0 aliphatic heterocycles. The zero-order valence-electron chi connectivity index (χ0n) is 13.8. The van der Waals surface area contributed by atoms with Crippen LogP contribution in [-0.2, 0) is 22.7 Å². The first kappa shape index (κ1) is 22.6. The van der Waals surface area contributed by atoms with E-state index in [1.807, 2.05) is 38.1 Å². The Morgan fingerprint density at radius 3 is 1.44 bits per heavy atom. The average molecular weight is 806 g/mol. The van der Waals surface area contributed by atoms with Crippen molar-refractivity contribution in [3.63, 3.8) is 0 Å². The van der Waals surface area contributed by atoms with Crippen molar-refractivity contribution in [2.24, 2.45) is 0 Å².